The van der Waals surface area contributed by atoms with Gasteiger partial charge in [0.2, 0.25) is 10.0 Å². The van der Waals surface area contributed by atoms with E-state index in [1.54, 1.807) is 35.6 Å². The molecule has 0 bridgehead atoms. The number of nitrogens with one attached hydrogen (secondary N) is 1. The second-order valence-corrected chi connectivity index (χ2v) is 11.6. The zero-order valence-electron chi connectivity index (χ0n) is 17.7. The molecule has 0 aliphatic carbocycles. The lowest BCUT2D eigenvalue weighted by atomic mass is 10.1. The predicted octanol–water partition coefficient (Wildman–Crippen LogP) is 3.92. The van der Waals surface area contributed by atoms with E-state index in [4.69, 9.17) is 4.74 Å². The number of ketones is 1. The molecule has 0 unspecified atom stereocenters. The minimum absolute atomic E-state index is 0.0646. The van der Waals surface area contributed by atoms with Crippen LogP contribution >= 0.6 is 23.1 Å². The molecule has 32 heavy (non-hydrogen) atoms. The van der Waals surface area contributed by atoms with Crippen molar-refractivity contribution in [3.63, 3.8) is 0 Å². The Morgan fingerprint density at radius 2 is 2.09 bits per heavy atom. The maximum absolute atomic E-state index is 13.0. The Labute approximate surface area is 195 Å². The van der Waals surface area contributed by atoms with Gasteiger partial charge in [0.05, 0.1) is 29.0 Å². The number of ether oxygens (including phenoxy) is 1. The maximum atomic E-state index is 13.0. The number of hydrogen-bond acceptors (Lipinski definition) is 8. The van der Waals surface area contributed by atoms with E-state index in [-0.39, 0.29) is 11.9 Å². The summed E-state index contributed by atoms with van der Waals surface area (Å²) < 4.78 is 33.0. The molecule has 3 heterocycles. The molecule has 3 aromatic rings. The van der Waals surface area contributed by atoms with Crippen LogP contribution in [0.4, 0.5) is 5.69 Å². The molecule has 1 fully saturated rings. The number of hydrogen-bond donors (Lipinski definition) is 1. The summed E-state index contributed by atoms with van der Waals surface area (Å²) in [6.45, 7) is 3.25. The number of rotatable bonds is 9. The maximum Gasteiger partial charge on any atom is 0.229 e. The van der Waals surface area contributed by atoms with E-state index in [1.807, 2.05) is 24.4 Å². The summed E-state index contributed by atoms with van der Waals surface area (Å²) in [5.41, 5.74) is 0.925. The fourth-order valence-corrected chi connectivity index (χ4v) is 5.70. The molecule has 0 spiro atoms. The lowest BCUT2D eigenvalue weighted by Gasteiger charge is -2.16. The van der Waals surface area contributed by atoms with Gasteiger partial charge in [-0.3, -0.25) is 14.1 Å². The van der Waals surface area contributed by atoms with Gasteiger partial charge in [-0.1, -0.05) is 17.8 Å². The molecule has 1 N–H and O–H groups in total. The highest BCUT2D eigenvalue weighted by atomic mass is 32.2. The van der Waals surface area contributed by atoms with Crippen LogP contribution in [-0.2, 0) is 21.3 Å². The fourth-order valence-electron chi connectivity index (χ4n) is 3.48. The average Bonchev–Trinajstić information content (AvgIpc) is 3.50. The first-order valence-corrected chi connectivity index (χ1v) is 13.8. The van der Waals surface area contributed by atoms with E-state index in [9.17, 15) is 13.2 Å². The molecule has 1 aliphatic heterocycles. The number of aromatic nitrogens is 3. The van der Waals surface area contributed by atoms with Gasteiger partial charge in [-0.25, -0.2) is 8.42 Å². The lowest BCUT2D eigenvalue weighted by molar-refractivity contribution is 0.0953. The minimum Gasteiger partial charge on any atom is -0.376 e. The number of nitrogens with zero attached hydrogens (tertiary/aromatic N) is 3. The third-order valence-corrected chi connectivity index (χ3v) is 7.55. The summed E-state index contributed by atoms with van der Waals surface area (Å²) in [7, 11) is -3.36. The highest BCUT2D eigenvalue weighted by Crippen LogP contribution is 2.31. The number of anilines is 1. The zero-order chi connectivity index (χ0) is 22.7. The van der Waals surface area contributed by atoms with Crippen molar-refractivity contribution in [1.29, 1.82) is 0 Å². The van der Waals surface area contributed by atoms with Gasteiger partial charge in [0.15, 0.2) is 16.8 Å². The van der Waals surface area contributed by atoms with Gasteiger partial charge in [-0.2, -0.15) is 0 Å². The highest BCUT2D eigenvalue weighted by molar-refractivity contribution is 8.00. The smallest absolute Gasteiger partial charge is 0.229 e. The minimum atomic E-state index is -3.36. The number of carbonyl (C=O) groups is 1. The van der Waals surface area contributed by atoms with Crippen LogP contribution in [0.2, 0.25) is 0 Å². The van der Waals surface area contributed by atoms with Crippen LogP contribution in [0.15, 0.2) is 46.9 Å². The van der Waals surface area contributed by atoms with Gasteiger partial charge in [-0.15, -0.1) is 21.5 Å². The number of sulfonamides is 1. The molecule has 1 saturated heterocycles. The zero-order valence-corrected chi connectivity index (χ0v) is 20.2. The summed E-state index contributed by atoms with van der Waals surface area (Å²) in [6, 6.07) is 10.4. The van der Waals surface area contributed by atoms with Gasteiger partial charge in [-0.05, 0) is 55.5 Å². The number of thiophene rings is 1. The molecule has 170 valence electrons. The number of benzene rings is 1. The van der Waals surface area contributed by atoms with Crippen molar-refractivity contribution in [2.75, 3.05) is 17.6 Å². The van der Waals surface area contributed by atoms with Gasteiger partial charge in [0, 0.05) is 17.9 Å². The predicted molar refractivity (Wildman–Crippen MR) is 127 cm³/mol. The molecule has 8 nitrogen and oxygen atoms in total. The average molecular weight is 493 g/mol. The quantitative estimate of drug-likeness (QED) is 0.357. The number of thioether (sulfide) groups is 1. The van der Waals surface area contributed by atoms with Crippen LogP contribution in [0, 0.1) is 0 Å². The largest absolute Gasteiger partial charge is 0.376 e. The first-order chi connectivity index (χ1) is 15.3. The Bertz CT molecular complexity index is 1170. The van der Waals surface area contributed by atoms with E-state index >= 15 is 0 Å². The van der Waals surface area contributed by atoms with E-state index in [2.05, 4.69) is 19.5 Å². The molecular weight excluding hydrogens is 468 g/mol. The van der Waals surface area contributed by atoms with Crippen LogP contribution in [0.5, 0.6) is 0 Å². The number of carbonyl (C=O) groups excluding carboxylic acids is 1. The molecule has 0 amide bonds. The van der Waals surface area contributed by atoms with Crippen LogP contribution in [0.1, 0.15) is 30.1 Å². The summed E-state index contributed by atoms with van der Waals surface area (Å²) >= 11 is 2.97. The second-order valence-electron chi connectivity index (χ2n) is 7.61. The van der Waals surface area contributed by atoms with E-state index in [0.717, 1.165) is 36.4 Å². The third kappa shape index (κ3) is 5.58. The van der Waals surface area contributed by atoms with E-state index in [1.165, 1.54) is 11.8 Å². The molecule has 0 radical (unpaired) electrons. The van der Waals surface area contributed by atoms with Crippen molar-refractivity contribution in [2.45, 2.75) is 42.8 Å². The van der Waals surface area contributed by atoms with E-state index in [0.29, 0.717) is 23.0 Å². The Balaban J connectivity index is 1.52. The van der Waals surface area contributed by atoms with Crippen molar-refractivity contribution < 1.29 is 17.9 Å². The van der Waals surface area contributed by atoms with Crippen molar-refractivity contribution in [3.05, 3.63) is 47.3 Å². The van der Waals surface area contributed by atoms with Gasteiger partial charge >= 0.3 is 0 Å². The molecule has 1 aliphatic rings. The van der Waals surface area contributed by atoms with E-state index < -0.39 is 15.3 Å². The molecule has 4 rings (SSSR count). The van der Waals surface area contributed by atoms with Crippen LogP contribution in [0.3, 0.4) is 0 Å². The van der Waals surface area contributed by atoms with Crippen molar-refractivity contribution in [3.8, 4) is 10.7 Å². The normalized spacial score (nSPS) is 17.4. The Hall–Kier alpha value is -2.21. The van der Waals surface area contributed by atoms with Crippen LogP contribution < -0.4 is 4.72 Å². The van der Waals surface area contributed by atoms with Crippen molar-refractivity contribution in [2.24, 2.45) is 0 Å². The SMILES string of the molecule is C[C@H](Sc1nnc(-c2cccs2)n1C[C@@H]1CCCO1)C(=O)c1ccc(NS(C)(=O)=O)cc1. The lowest BCUT2D eigenvalue weighted by Crippen LogP contribution is -2.19. The first-order valence-electron chi connectivity index (χ1n) is 10.2. The van der Waals surface area contributed by atoms with Crippen LogP contribution in [-0.4, -0.2) is 53.2 Å². The van der Waals surface area contributed by atoms with Gasteiger partial charge in [0.1, 0.15) is 0 Å². The molecule has 11 heteroatoms. The third-order valence-electron chi connectivity index (χ3n) is 4.99. The number of Topliss-reactive ketones (excluding diaryl/α,β-unsaturated/α-hetero) is 1. The Morgan fingerprint density at radius 1 is 1.31 bits per heavy atom. The first kappa shape index (κ1) is 23.0. The summed E-state index contributed by atoms with van der Waals surface area (Å²) in [6.07, 6.45) is 3.24. The monoisotopic (exact) mass is 492 g/mol. The molecular formula is C21H24N4O4S3. The van der Waals surface area contributed by atoms with Gasteiger partial charge in [0.25, 0.3) is 0 Å². The van der Waals surface area contributed by atoms with Crippen molar-refractivity contribution >= 4 is 44.6 Å². The summed E-state index contributed by atoms with van der Waals surface area (Å²) in [5.74, 6) is 0.721. The summed E-state index contributed by atoms with van der Waals surface area (Å²) in [4.78, 5) is 14.0. The Kier molecular flexibility index (Phi) is 6.99. The molecule has 0 saturated carbocycles. The molecule has 1 aromatic carbocycles. The highest BCUT2D eigenvalue weighted by Gasteiger charge is 2.25. The van der Waals surface area contributed by atoms with Gasteiger partial charge < -0.3 is 4.74 Å². The van der Waals surface area contributed by atoms with Crippen LogP contribution in [0.25, 0.3) is 10.7 Å². The molecule has 2 aromatic heterocycles. The Morgan fingerprint density at radius 3 is 2.72 bits per heavy atom. The fraction of sp³-hybridized carbons (Fsp3) is 0.381. The topological polar surface area (TPSA) is 103 Å². The standard InChI is InChI=1S/C21H24N4O4S3/c1-14(19(26)15-7-9-16(10-8-15)24-32(2,27)28)31-21-23-22-20(18-6-4-12-30-18)25(21)13-17-5-3-11-29-17/h4,6-10,12,14,17,24H,3,5,11,13H2,1-2H3/t14-,17-/m0/s1. The van der Waals surface area contributed by atoms with Crippen molar-refractivity contribution in [1.82, 2.24) is 14.8 Å². The molecule has 2 atom stereocenters. The summed E-state index contributed by atoms with van der Waals surface area (Å²) in [5, 5.41) is 11.1. The second kappa shape index (κ2) is 9.74.